The molecule has 1 saturated heterocycles. The van der Waals surface area contributed by atoms with Crippen molar-refractivity contribution >= 4 is 5.91 Å². The molecule has 4 heteroatoms. The molecule has 1 aromatic carbocycles. The van der Waals surface area contributed by atoms with Gasteiger partial charge in [-0.1, -0.05) is 51.1 Å². The predicted octanol–water partition coefficient (Wildman–Crippen LogP) is 2.78. The molecule has 1 saturated carbocycles. The summed E-state index contributed by atoms with van der Waals surface area (Å²) in [6.07, 6.45) is 3.22. The minimum atomic E-state index is -0.216. The molecule has 1 aliphatic heterocycles. The van der Waals surface area contributed by atoms with Crippen LogP contribution in [0.2, 0.25) is 0 Å². The second-order valence-electron chi connectivity index (χ2n) is 9.17. The van der Waals surface area contributed by atoms with E-state index in [4.69, 9.17) is 5.73 Å². The molecular formula is C21H33N3O. The maximum atomic E-state index is 11.9. The second-order valence-corrected chi connectivity index (χ2v) is 9.17. The third-order valence-electron chi connectivity index (χ3n) is 5.76. The van der Waals surface area contributed by atoms with Crippen LogP contribution in [0.4, 0.5) is 0 Å². The molecule has 3 rings (SSSR count). The van der Waals surface area contributed by atoms with Crippen molar-refractivity contribution in [2.24, 2.45) is 23.0 Å². The van der Waals surface area contributed by atoms with Gasteiger partial charge in [0.15, 0.2) is 0 Å². The van der Waals surface area contributed by atoms with Crippen molar-refractivity contribution in [3.05, 3.63) is 35.9 Å². The van der Waals surface area contributed by atoms with Gasteiger partial charge in [0, 0.05) is 25.7 Å². The maximum Gasteiger partial charge on any atom is 0.234 e. The molecule has 2 aliphatic rings. The molecule has 138 valence electrons. The molecule has 1 heterocycles. The minimum Gasteiger partial charge on any atom is -0.368 e. The number of rotatable bonds is 6. The van der Waals surface area contributed by atoms with Crippen LogP contribution in [0.25, 0.3) is 0 Å². The fraction of sp³-hybridized carbons (Fsp3) is 0.667. The lowest BCUT2D eigenvalue weighted by Gasteiger charge is -2.30. The molecule has 0 aromatic heterocycles. The number of fused-ring (bicyclic) bond motifs is 1. The lowest BCUT2D eigenvalue weighted by atomic mass is 9.87. The first-order chi connectivity index (χ1) is 11.8. The first kappa shape index (κ1) is 18.4. The van der Waals surface area contributed by atoms with E-state index >= 15 is 0 Å². The summed E-state index contributed by atoms with van der Waals surface area (Å²) in [4.78, 5) is 14.5. The van der Waals surface area contributed by atoms with E-state index in [1.165, 1.54) is 24.9 Å². The largest absolute Gasteiger partial charge is 0.368 e. The van der Waals surface area contributed by atoms with E-state index in [9.17, 15) is 4.79 Å². The number of benzene rings is 1. The zero-order chi connectivity index (χ0) is 18.0. The van der Waals surface area contributed by atoms with Gasteiger partial charge in [0.2, 0.25) is 5.91 Å². The van der Waals surface area contributed by atoms with Gasteiger partial charge in [-0.05, 0) is 42.1 Å². The zero-order valence-corrected chi connectivity index (χ0v) is 15.9. The number of carbonyl (C=O) groups is 1. The Hall–Kier alpha value is -1.39. The smallest absolute Gasteiger partial charge is 0.234 e. The van der Waals surface area contributed by atoms with Crippen molar-refractivity contribution < 1.29 is 4.79 Å². The molecule has 2 fully saturated rings. The van der Waals surface area contributed by atoms with Crippen molar-refractivity contribution in [2.75, 3.05) is 13.1 Å². The summed E-state index contributed by atoms with van der Waals surface area (Å²) in [5.74, 6) is 1.19. The lowest BCUT2D eigenvalue weighted by molar-refractivity contribution is -0.121. The number of carbonyl (C=O) groups excluding carboxylic acids is 1. The summed E-state index contributed by atoms with van der Waals surface area (Å²) in [6.45, 7) is 9.83. The number of nitrogens with two attached hydrogens (primary N) is 1. The van der Waals surface area contributed by atoms with E-state index in [-0.39, 0.29) is 17.4 Å². The number of nitrogens with zero attached hydrogens (tertiary/aromatic N) is 1. The highest BCUT2D eigenvalue weighted by molar-refractivity contribution is 5.79. The standard InChI is InChI=1S/C21H33N3O/c1-21(2,3)11-19(20(22)25)23-18-10-9-16-13-24(14-17(16)18)12-15-7-5-4-6-8-15/h4-8,16-19,23H,9-14H2,1-3H3,(H2,22,25)/t16-,17+,18+,19+/m1/s1. The van der Waals surface area contributed by atoms with Gasteiger partial charge in [-0.15, -0.1) is 0 Å². The van der Waals surface area contributed by atoms with Crippen LogP contribution in [0.1, 0.15) is 45.6 Å². The van der Waals surface area contributed by atoms with Gasteiger partial charge in [-0.3, -0.25) is 9.69 Å². The number of nitrogens with one attached hydrogen (secondary N) is 1. The Bertz CT molecular complexity index is 581. The van der Waals surface area contributed by atoms with Crippen LogP contribution in [0.3, 0.4) is 0 Å². The highest BCUT2D eigenvalue weighted by Gasteiger charge is 2.43. The van der Waals surface area contributed by atoms with Crippen molar-refractivity contribution in [1.29, 1.82) is 0 Å². The number of primary amides is 1. The fourth-order valence-corrected chi connectivity index (χ4v) is 4.65. The van der Waals surface area contributed by atoms with Crippen LogP contribution in [-0.4, -0.2) is 36.0 Å². The Kier molecular flexibility index (Phi) is 5.49. The van der Waals surface area contributed by atoms with Gasteiger partial charge in [0.25, 0.3) is 0 Å². The first-order valence-electron chi connectivity index (χ1n) is 9.63. The van der Waals surface area contributed by atoms with Crippen LogP contribution in [-0.2, 0) is 11.3 Å². The average Bonchev–Trinajstić information content (AvgIpc) is 3.07. The summed E-state index contributed by atoms with van der Waals surface area (Å²) in [6, 6.07) is 10.9. The van der Waals surface area contributed by atoms with E-state index in [2.05, 4.69) is 61.3 Å². The van der Waals surface area contributed by atoms with Crippen molar-refractivity contribution in [2.45, 2.75) is 58.7 Å². The zero-order valence-electron chi connectivity index (χ0n) is 15.9. The van der Waals surface area contributed by atoms with Crippen LogP contribution >= 0.6 is 0 Å². The molecular weight excluding hydrogens is 310 g/mol. The summed E-state index contributed by atoms with van der Waals surface area (Å²) >= 11 is 0. The summed E-state index contributed by atoms with van der Waals surface area (Å²) in [7, 11) is 0. The normalized spacial score (nSPS) is 28.0. The van der Waals surface area contributed by atoms with E-state index in [0.717, 1.165) is 25.4 Å². The Morgan fingerprint density at radius 1 is 1.24 bits per heavy atom. The van der Waals surface area contributed by atoms with Gasteiger partial charge in [-0.2, -0.15) is 0 Å². The summed E-state index contributed by atoms with van der Waals surface area (Å²) in [5.41, 5.74) is 7.16. The van der Waals surface area contributed by atoms with Crippen molar-refractivity contribution in [1.82, 2.24) is 10.2 Å². The van der Waals surface area contributed by atoms with E-state index in [1.54, 1.807) is 0 Å². The average molecular weight is 344 g/mol. The molecule has 0 bridgehead atoms. The van der Waals surface area contributed by atoms with Crippen molar-refractivity contribution in [3.8, 4) is 0 Å². The van der Waals surface area contributed by atoms with Gasteiger partial charge >= 0.3 is 0 Å². The Morgan fingerprint density at radius 2 is 1.96 bits per heavy atom. The molecule has 1 amide bonds. The number of amides is 1. The highest BCUT2D eigenvalue weighted by Crippen LogP contribution is 2.39. The van der Waals surface area contributed by atoms with E-state index in [1.807, 2.05) is 0 Å². The molecule has 0 radical (unpaired) electrons. The van der Waals surface area contributed by atoms with Crippen LogP contribution < -0.4 is 11.1 Å². The van der Waals surface area contributed by atoms with Gasteiger partial charge < -0.3 is 11.1 Å². The number of hydrogen-bond acceptors (Lipinski definition) is 3. The minimum absolute atomic E-state index is 0.0969. The Morgan fingerprint density at radius 3 is 2.60 bits per heavy atom. The van der Waals surface area contributed by atoms with Crippen LogP contribution in [0, 0.1) is 17.3 Å². The van der Waals surface area contributed by atoms with Gasteiger partial charge in [0.1, 0.15) is 0 Å². The maximum absolute atomic E-state index is 11.9. The third-order valence-corrected chi connectivity index (χ3v) is 5.76. The molecule has 0 unspecified atom stereocenters. The molecule has 3 N–H and O–H groups in total. The first-order valence-corrected chi connectivity index (χ1v) is 9.63. The Balaban J connectivity index is 1.58. The quantitative estimate of drug-likeness (QED) is 0.835. The monoisotopic (exact) mass is 343 g/mol. The van der Waals surface area contributed by atoms with Crippen LogP contribution in [0.15, 0.2) is 30.3 Å². The molecule has 1 aliphatic carbocycles. The van der Waals surface area contributed by atoms with Gasteiger partial charge in [-0.25, -0.2) is 0 Å². The third kappa shape index (κ3) is 4.83. The fourth-order valence-electron chi connectivity index (χ4n) is 4.65. The van der Waals surface area contributed by atoms with Crippen LogP contribution in [0.5, 0.6) is 0 Å². The number of hydrogen-bond donors (Lipinski definition) is 2. The predicted molar refractivity (Wildman–Crippen MR) is 102 cm³/mol. The van der Waals surface area contributed by atoms with E-state index in [0.29, 0.717) is 12.0 Å². The molecule has 25 heavy (non-hydrogen) atoms. The second kappa shape index (κ2) is 7.46. The summed E-state index contributed by atoms with van der Waals surface area (Å²) in [5, 5.41) is 3.63. The summed E-state index contributed by atoms with van der Waals surface area (Å²) < 4.78 is 0. The van der Waals surface area contributed by atoms with E-state index < -0.39 is 0 Å². The highest BCUT2D eigenvalue weighted by atomic mass is 16.1. The molecule has 4 atom stereocenters. The Labute approximate surface area is 152 Å². The lowest BCUT2D eigenvalue weighted by Crippen LogP contribution is -2.50. The molecule has 1 aromatic rings. The van der Waals surface area contributed by atoms with Gasteiger partial charge in [0.05, 0.1) is 6.04 Å². The SMILES string of the molecule is CC(C)(C)C[C@H](N[C@H]1CC[C@@H]2CN(Cc3ccccc3)C[C@@H]21)C(N)=O. The van der Waals surface area contributed by atoms with Crippen molar-refractivity contribution in [3.63, 3.8) is 0 Å². The molecule has 0 spiro atoms. The number of likely N-dealkylation sites (tertiary alicyclic amines) is 1. The topological polar surface area (TPSA) is 58.4 Å². The molecule has 4 nitrogen and oxygen atoms in total.